The maximum absolute atomic E-state index is 6.60. The molecule has 1 aliphatic carbocycles. The Morgan fingerprint density at radius 3 is 1.85 bits per heavy atom. The number of rotatable bonds is 5. The van der Waals surface area contributed by atoms with E-state index in [4.69, 9.17) is 19.4 Å². The molecule has 0 N–H and O–H groups in total. The molecule has 11 aromatic rings. The normalized spacial score (nSPS) is 13.1. The Morgan fingerprint density at radius 1 is 0.407 bits per heavy atom. The van der Waals surface area contributed by atoms with Crippen LogP contribution in [-0.2, 0) is 5.41 Å². The van der Waals surface area contributed by atoms with Crippen LogP contribution in [0.1, 0.15) is 25.0 Å². The Morgan fingerprint density at radius 2 is 1.00 bits per heavy atom. The van der Waals surface area contributed by atoms with E-state index in [0.29, 0.717) is 17.5 Å². The quantitative estimate of drug-likeness (QED) is 0.175. The first-order valence-corrected chi connectivity index (χ1v) is 20.8. The van der Waals surface area contributed by atoms with Gasteiger partial charge in [0, 0.05) is 53.1 Å². The van der Waals surface area contributed by atoms with Gasteiger partial charge in [-0.1, -0.05) is 159 Å². The van der Waals surface area contributed by atoms with Crippen molar-refractivity contribution in [1.82, 2.24) is 15.0 Å². The van der Waals surface area contributed by atoms with Gasteiger partial charge in [-0.3, -0.25) is 0 Å². The highest BCUT2D eigenvalue weighted by molar-refractivity contribution is 7.25. The van der Waals surface area contributed by atoms with Gasteiger partial charge in [-0.15, -0.1) is 11.3 Å². The van der Waals surface area contributed by atoms with Crippen molar-refractivity contribution in [3.8, 4) is 67.5 Å². The second-order valence-electron chi connectivity index (χ2n) is 15.9. The molecule has 0 saturated heterocycles. The number of hydrogen-bond acceptors (Lipinski definition) is 5. The predicted molar refractivity (Wildman–Crippen MR) is 245 cm³/mol. The molecule has 0 amide bonds. The first-order chi connectivity index (χ1) is 29.0. The number of aromatic nitrogens is 3. The summed E-state index contributed by atoms with van der Waals surface area (Å²) in [5, 5.41) is 4.38. The van der Waals surface area contributed by atoms with E-state index in [0.717, 1.165) is 55.1 Å². The molecule has 0 atom stereocenters. The van der Waals surface area contributed by atoms with Crippen molar-refractivity contribution in [2.45, 2.75) is 19.3 Å². The lowest BCUT2D eigenvalue weighted by Crippen LogP contribution is -2.16. The summed E-state index contributed by atoms with van der Waals surface area (Å²) in [5.74, 6) is 1.86. The van der Waals surface area contributed by atoms with Crippen LogP contribution in [0.25, 0.3) is 110 Å². The molecule has 12 rings (SSSR count). The highest BCUT2D eigenvalue weighted by atomic mass is 32.1. The van der Waals surface area contributed by atoms with Crippen LogP contribution < -0.4 is 0 Å². The Kier molecular flexibility index (Phi) is 7.41. The van der Waals surface area contributed by atoms with Crippen LogP contribution >= 0.6 is 11.3 Å². The van der Waals surface area contributed by atoms with Crippen LogP contribution in [0.2, 0.25) is 0 Å². The molecule has 8 aromatic carbocycles. The zero-order valence-corrected chi connectivity index (χ0v) is 33.2. The lowest BCUT2D eigenvalue weighted by atomic mass is 9.79. The Labute approximate surface area is 345 Å². The fourth-order valence-corrected chi connectivity index (χ4v) is 10.6. The van der Waals surface area contributed by atoms with Crippen LogP contribution in [0.5, 0.6) is 0 Å². The molecule has 0 radical (unpaired) electrons. The van der Waals surface area contributed by atoms with E-state index in [1.54, 1.807) is 11.3 Å². The van der Waals surface area contributed by atoms with Crippen molar-refractivity contribution < 1.29 is 4.42 Å². The maximum atomic E-state index is 6.60. The summed E-state index contributed by atoms with van der Waals surface area (Å²) >= 11 is 1.80. The van der Waals surface area contributed by atoms with Gasteiger partial charge in [-0.2, -0.15) is 0 Å². The van der Waals surface area contributed by atoms with E-state index in [9.17, 15) is 0 Å². The van der Waals surface area contributed by atoms with E-state index in [1.807, 2.05) is 18.2 Å². The smallest absolute Gasteiger partial charge is 0.164 e. The lowest BCUT2D eigenvalue weighted by Gasteiger charge is -2.24. The topological polar surface area (TPSA) is 51.8 Å². The number of hydrogen-bond donors (Lipinski definition) is 0. The van der Waals surface area contributed by atoms with E-state index in [1.165, 1.54) is 48.2 Å². The molecule has 59 heavy (non-hydrogen) atoms. The fraction of sp³-hybridized carbons (Fsp3) is 0.0556. The van der Waals surface area contributed by atoms with Gasteiger partial charge in [-0.05, 0) is 74.8 Å². The van der Waals surface area contributed by atoms with Gasteiger partial charge in [-0.25, -0.2) is 15.0 Å². The molecule has 0 unspecified atom stereocenters. The van der Waals surface area contributed by atoms with Crippen LogP contribution in [0.4, 0.5) is 0 Å². The number of thiophene rings is 1. The third kappa shape index (κ3) is 5.25. The summed E-state index contributed by atoms with van der Waals surface area (Å²) in [6, 6.07) is 62.3. The molecule has 0 fully saturated rings. The largest absolute Gasteiger partial charge is 0.456 e. The molecule has 3 heterocycles. The van der Waals surface area contributed by atoms with Crippen LogP contribution in [0.3, 0.4) is 0 Å². The Balaban J connectivity index is 1.07. The minimum atomic E-state index is -0.144. The zero-order chi connectivity index (χ0) is 39.2. The van der Waals surface area contributed by atoms with E-state index >= 15 is 0 Å². The Bertz CT molecular complexity index is 3470. The van der Waals surface area contributed by atoms with Crippen LogP contribution in [0, 0.1) is 0 Å². The average molecular weight is 774 g/mol. The second kappa shape index (κ2) is 12.9. The molecule has 0 saturated carbocycles. The summed E-state index contributed by atoms with van der Waals surface area (Å²) in [4.78, 5) is 15.9. The molecule has 0 aliphatic heterocycles. The predicted octanol–water partition coefficient (Wildman–Crippen LogP) is 14.8. The van der Waals surface area contributed by atoms with Crippen molar-refractivity contribution in [2.24, 2.45) is 0 Å². The minimum absolute atomic E-state index is 0.144. The third-order valence-corrected chi connectivity index (χ3v) is 13.3. The second-order valence-corrected chi connectivity index (χ2v) is 17.0. The first-order valence-electron chi connectivity index (χ1n) is 20.0. The van der Waals surface area contributed by atoms with Gasteiger partial charge in [0.25, 0.3) is 0 Å². The number of benzene rings is 8. The summed E-state index contributed by atoms with van der Waals surface area (Å²) in [5.41, 5.74) is 14.3. The maximum Gasteiger partial charge on any atom is 0.164 e. The third-order valence-electron chi connectivity index (χ3n) is 12.2. The molecule has 3 aromatic heterocycles. The van der Waals surface area contributed by atoms with Crippen molar-refractivity contribution in [3.05, 3.63) is 187 Å². The molecule has 4 nitrogen and oxygen atoms in total. The fourth-order valence-electron chi connectivity index (χ4n) is 9.42. The molecule has 1 aliphatic rings. The molecule has 278 valence electrons. The number of fused-ring (bicyclic) bond motifs is 9. The molecular formula is C54H35N3OS. The summed E-state index contributed by atoms with van der Waals surface area (Å²) in [6.45, 7) is 4.69. The van der Waals surface area contributed by atoms with Crippen LogP contribution in [-0.4, -0.2) is 15.0 Å². The van der Waals surface area contributed by atoms with Gasteiger partial charge < -0.3 is 4.42 Å². The molecular weight excluding hydrogens is 739 g/mol. The summed E-state index contributed by atoms with van der Waals surface area (Å²) in [7, 11) is 0. The molecule has 0 spiro atoms. The van der Waals surface area contributed by atoms with Crippen molar-refractivity contribution in [2.75, 3.05) is 0 Å². The van der Waals surface area contributed by atoms with Gasteiger partial charge in [0.1, 0.15) is 11.2 Å². The minimum Gasteiger partial charge on any atom is -0.456 e. The first kappa shape index (κ1) is 33.9. The Hall–Kier alpha value is -7.21. The van der Waals surface area contributed by atoms with E-state index in [2.05, 4.69) is 172 Å². The van der Waals surface area contributed by atoms with Crippen molar-refractivity contribution in [3.63, 3.8) is 0 Å². The van der Waals surface area contributed by atoms with E-state index in [-0.39, 0.29) is 5.41 Å². The molecule has 5 heteroatoms. The molecule has 0 bridgehead atoms. The van der Waals surface area contributed by atoms with Crippen molar-refractivity contribution in [1.29, 1.82) is 0 Å². The van der Waals surface area contributed by atoms with Gasteiger partial charge in [0.05, 0.1) is 0 Å². The SMILES string of the molecule is CC1(C)c2ccccc2-c2cccc(-c3ccc4oc5cccc(-c6nc(-c7ccc(-c8ccccc8)cc7)nc(-c7cccc8sc9ccccc9c78)n6)c5c4c3)c21. The zero-order valence-electron chi connectivity index (χ0n) is 32.4. The monoisotopic (exact) mass is 773 g/mol. The van der Waals surface area contributed by atoms with Gasteiger partial charge >= 0.3 is 0 Å². The van der Waals surface area contributed by atoms with Gasteiger partial charge in [0.2, 0.25) is 0 Å². The van der Waals surface area contributed by atoms with Crippen molar-refractivity contribution >= 4 is 53.4 Å². The van der Waals surface area contributed by atoms with Gasteiger partial charge in [0.15, 0.2) is 17.5 Å². The number of nitrogens with zero attached hydrogens (tertiary/aromatic N) is 3. The summed E-state index contributed by atoms with van der Waals surface area (Å²) in [6.07, 6.45) is 0. The van der Waals surface area contributed by atoms with E-state index < -0.39 is 0 Å². The lowest BCUT2D eigenvalue weighted by molar-refractivity contribution is 0.662. The summed E-state index contributed by atoms with van der Waals surface area (Å²) < 4.78 is 9.04. The number of furan rings is 1. The standard InChI is InChI=1S/C54H35N3OS/c1-54(2)43-21-8-6-15-37(43)38-18-10-17-36(50(38)54)35-29-30-44-42(31-35)48-40(19-11-22-45(48)58-44)52-55-51(34-27-25-33(26-28-34)32-13-4-3-5-14-32)56-53(57-52)41-20-12-24-47-49(41)39-16-7-9-23-46(39)59-47/h3-31H,1-2H3. The highest BCUT2D eigenvalue weighted by Crippen LogP contribution is 2.52. The average Bonchev–Trinajstić information content (AvgIpc) is 3.94. The van der Waals surface area contributed by atoms with Crippen LogP contribution in [0.15, 0.2) is 180 Å². The highest BCUT2D eigenvalue weighted by Gasteiger charge is 2.37.